The zero-order valence-corrected chi connectivity index (χ0v) is 10.3. The van der Waals surface area contributed by atoms with Gasteiger partial charge in [0.1, 0.15) is 0 Å². The smallest absolute Gasteiger partial charge is 0.0208 e. The lowest BCUT2D eigenvalue weighted by Gasteiger charge is -2.05. The Morgan fingerprint density at radius 2 is 2.19 bits per heavy atom. The Hall–Kier alpha value is -1.08. The van der Waals surface area contributed by atoms with Gasteiger partial charge in [0, 0.05) is 13.1 Å². The van der Waals surface area contributed by atoms with Crippen LogP contribution in [0.5, 0.6) is 0 Å². The maximum atomic E-state index is 3.44. The third kappa shape index (κ3) is 3.49. The molecular weight excluding hydrogens is 194 g/mol. The van der Waals surface area contributed by atoms with Crippen LogP contribution >= 0.6 is 0 Å². The van der Waals surface area contributed by atoms with E-state index in [1.165, 1.54) is 29.5 Å². The lowest BCUT2D eigenvalue weighted by molar-refractivity contribution is 0.756. The van der Waals surface area contributed by atoms with Crippen LogP contribution in [0.3, 0.4) is 0 Å². The van der Waals surface area contributed by atoms with Crippen LogP contribution in [0, 0.1) is 0 Å². The van der Waals surface area contributed by atoms with E-state index in [1.54, 1.807) is 0 Å². The third-order valence-corrected chi connectivity index (χ3v) is 2.98. The van der Waals surface area contributed by atoms with Crippen LogP contribution in [0.4, 0.5) is 0 Å². The molecule has 0 radical (unpaired) electrons. The van der Waals surface area contributed by atoms with Gasteiger partial charge in [-0.15, -0.1) is 0 Å². The first kappa shape index (κ1) is 11.4. The molecule has 0 heterocycles. The average molecular weight is 215 g/mol. The summed E-state index contributed by atoms with van der Waals surface area (Å²) in [7, 11) is 0. The Labute approximate surface area is 98.6 Å². The van der Waals surface area contributed by atoms with Gasteiger partial charge in [0.15, 0.2) is 0 Å². The molecule has 1 aromatic carbocycles. The fourth-order valence-corrected chi connectivity index (χ4v) is 1.87. The van der Waals surface area contributed by atoms with Gasteiger partial charge in [-0.2, -0.15) is 0 Å². The fourth-order valence-electron chi connectivity index (χ4n) is 1.87. The summed E-state index contributed by atoms with van der Waals surface area (Å²) in [4.78, 5) is 0. The Morgan fingerprint density at radius 1 is 1.38 bits per heavy atom. The maximum absolute atomic E-state index is 3.44. The summed E-state index contributed by atoms with van der Waals surface area (Å²) in [6, 6.07) is 9.01. The molecule has 0 atom stereocenters. The quantitative estimate of drug-likeness (QED) is 0.584. The molecule has 1 fully saturated rings. The number of nitrogens with one attached hydrogen (secondary N) is 1. The molecule has 1 nitrogen and oxygen atoms in total. The van der Waals surface area contributed by atoms with Crippen molar-refractivity contribution < 1.29 is 0 Å². The van der Waals surface area contributed by atoms with Crippen LogP contribution in [0.1, 0.15) is 43.7 Å². The van der Waals surface area contributed by atoms with Gasteiger partial charge in [0.2, 0.25) is 0 Å². The maximum Gasteiger partial charge on any atom is 0.0208 e. The van der Waals surface area contributed by atoms with Gasteiger partial charge in [-0.1, -0.05) is 35.9 Å². The average Bonchev–Trinajstić information content (AvgIpc) is 3.08. The number of benzene rings is 1. The number of hydrogen-bond donors (Lipinski definition) is 1. The second-order valence-electron chi connectivity index (χ2n) is 4.93. The zero-order chi connectivity index (χ0) is 11.4. The molecule has 2 rings (SSSR count). The summed E-state index contributed by atoms with van der Waals surface area (Å²) in [5, 5.41) is 3.44. The summed E-state index contributed by atoms with van der Waals surface area (Å²) >= 11 is 0. The van der Waals surface area contributed by atoms with E-state index in [0.717, 1.165) is 19.0 Å². The topological polar surface area (TPSA) is 12.0 Å². The lowest BCUT2D eigenvalue weighted by atomic mass is 10.1. The molecule has 1 N–H and O–H groups in total. The molecule has 1 heteroatoms. The molecule has 1 saturated carbocycles. The molecule has 1 aliphatic rings. The monoisotopic (exact) mass is 215 g/mol. The Balaban J connectivity index is 1.84. The summed E-state index contributed by atoms with van der Waals surface area (Å²) < 4.78 is 0. The van der Waals surface area contributed by atoms with Gasteiger partial charge < -0.3 is 5.32 Å². The molecule has 86 valence electrons. The minimum absolute atomic E-state index is 0.859. The molecule has 1 aliphatic carbocycles. The molecule has 0 unspecified atom stereocenters. The first-order valence-electron chi connectivity index (χ1n) is 6.18. The van der Waals surface area contributed by atoms with Crippen LogP contribution < -0.4 is 5.32 Å². The van der Waals surface area contributed by atoms with Gasteiger partial charge in [-0.25, -0.2) is 0 Å². The lowest BCUT2D eigenvalue weighted by Crippen LogP contribution is -2.13. The summed E-state index contributed by atoms with van der Waals surface area (Å²) in [5.74, 6) is 0.859. The summed E-state index contributed by atoms with van der Waals surface area (Å²) in [5.41, 5.74) is 4.31. The van der Waals surface area contributed by atoms with E-state index in [4.69, 9.17) is 0 Å². The molecule has 0 saturated heterocycles. The Morgan fingerprint density at radius 3 is 2.88 bits per heavy atom. The zero-order valence-electron chi connectivity index (χ0n) is 10.3. The van der Waals surface area contributed by atoms with E-state index in [9.17, 15) is 0 Å². The van der Waals surface area contributed by atoms with Crippen LogP contribution in [-0.4, -0.2) is 6.54 Å². The first-order valence-corrected chi connectivity index (χ1v) is 6.18. The first-order chi connectivity index (χ1) is 7.75. The summed E-state index contributed by atoms with van der Waals surface area (Å²) in [6.45, 7) is 6.21. The van der Waals surface area contributed by atoms with E-state index in [2.05, 4.69) is 49.5 Å². The third-order valence-electron chi connectivity index (χ3n) is 2.98. The molecule has 0 aromatic heterocycles. The van der Waals surface area contributed by atoms with Crippen molar-refractivity contribution in [2.24, 2.45) is 0 Å². The minimum atomic E-state index is 0.859. The van der Waals surface area contributed by atoms with Crippen LogP contribution in [0.15, 0.2) is 35.9 Å². The van der Waals surface area contributed by atoms with Crippen molar-refractivity contribution in [1.29, 1.82) is 0 Å². The van der Waals surface area contributed by atoms with Crippen molar-refractivity contribution in [3.05, 3.63) is 47.0 Å². The molecule has 0 aliphatic heterocycles. The van der Waals surface area contributed by atoms with Crippen molar-refractivity contribution in [2.75, 3.05) is 6.54 Å². The molecule has 1 aromatic rings. The van der Waals surface area contributed by atoms with E-state index >= 15 is 0 Å². The standard InChI is InChI=1S/C15H21N/c1-12(2)8-9-16-11-13-4-3-5-15(10-13)14-6-7-14/h3-5,8,10,14,16H,6-7,9,11H2,1-2H3. The highest BCUT2D eigenvalue weighted by atomic mass is 14.8. The SMILES string of the molecule is CC(C)=CCNCc1cccc(C2CC2)c1. The van der Waals surface area contributed by atoms with Crippen LogP contribution in [0.25, 0.3) is 0 Å². The normalized spacial score (nSPS) is 14.9. The van der Waals surface area contributed by atoms with Gasteiger partial charge in [0.25, 0.3) is 0 Å². The van der Waals surface area contributed by atoms with Crippen molar-refractivity contribution in [3.63, 3.8) is 0 Å². The van der Waals surface area contributed by atoms with E-state index in [-0.39, 0.29) is 0 Å². The van der Waals surface area contributed by atoms with Crippen molar-refractivity contribution in [1.82, 2.24) is 5.32 Å². The van der Waals surface area contributed by atoms with Crippen molar-refractivity contribution in [3.8, 4) is 0 Å². The highest BCUT2D eigenvalue weighted by molar-refractivity contribution is 5.29. The van der Waals surface area contributed by atoms with Crippen LogP contribution in [-0.2, 0) is 6.54 Å². The number of allylic oxidation sites excluding steroid dienone is 1. The van der Waals surface area contributed by atoms with Gasteiger partial charge in [-0.3, -0.25) is 0 Å². The summed E-state index contributed by atoms with van der Waals surface area (Å²) in [6.07, 6.45) is 4.99. The largest absolute Gasteiger partial charge is 0.309 e. The number of rotatable bonds is 5. The second-order valence-corrected chi connectivity index (χ2v) is 4.93. The minimum Gasteiger partial charge on any atom is -0.309 e. The highest BCUT2D eigenvalue weighted by Crippen LogP contribution is 2.40. The number of hydrogen-bond acceptors (Lipinski definition) is 1. The molecule has 16 heavy (non-hydrogen) atoms. The second kappa shape index (κ2) is 5.31. The Bertz CT molecular complexity index is 371. The van der Waals surface area contributed by atoms with Crippen LogP contribution in [0.2, 0.25) is 0 Å². The van der Waals surface area contributed by atoms with Gasteiger partial charge >= 0.3 is 0 Å². The van der Waals surface area contributed by atoms with Crippen molar-refractivity contribution >= 4 is 0 Å². The van der Waals surface area contributed by atoms with Gasteiger partial charge in [0.05, 0.1) is 0 Å². The van der Waals surface area contributed by atoms with E-state index < -0.39 is 0 Å². The van der Waals surface area contributed by atoms with Gasteiger partial charge in [-0.05, 0) is 43.7 Å². The van der Waals surface area contributed by atoms with E-state index in [1.807, 2.05) is 0 Å². The molecular formula is C15H21N. The predicted molar refractivity (Wildman–Crippen MR) is 69.6 cm³/mol. The Kier molecular flexibility index (Phi) is 3.79. The van der Waals surface area contributed by atoms with E-state index in [0.29, 0.717) is 0 Å². The fraction of sp³-hybridized carbons (Fsp3) is 0.467. The molecule has 0 amide bonds. The molecule has 0 spiro atoms. The van der Waals surface area contributed by atoms with Crippen molar-refractivity contribution in [2.45, 2.75) is 39.2 Å². The predicted octanol–water partition coefficient (Wildman–Crippen LogP) is 3.62. The highest BCUT2D eigenvalue weighted by Gasteiger charge is 2.23. The molecule has 0 bridgehead atoms.